The summed E-state index contributed by atoms with van der Waals surface area (Å²) in [4.78, 5) is 44.3. The normalized spacial score (nSPS) is 15.5. The van der Waals surface area contributed by atoms with Gasteiger partial charge in [-0.15, -0.1) is 0 Å². The number of aromatic carboxylic acids is 1. The van der Waals surface area contributed by atoms with Gasteiger partial charge in [0.2, 0.25) is 0 Å². The zero-order valence-electron chi connectivity index (χ0n) is 33.3. The lowest BCUT2D eigenvalue weighted by molar-refractivity contribution is 0.0686. The van der Waals surface area contributed by atoms with E-state index in [1.54, 1.807) is 53.4 Å². The van der Waals surface area contributed by atoms with Crippen LogP contribution in [0.4, 0.5) is 5.69 Å². The molecule has 9 rings (SSSR count). The maximum absolute atomic E-state index is 15.6. The molecule has 1 N–H and O–H groups in total. The van der Waals surface area contributed by atoms with Crippen molar-refractivity contribution in [1.82, 2.24) is 24.1 Å². The molecule has 12 nitrogen and oxygen atoms in total. The molecular formula is C45H40Cl2N6O6. The van der Waals surface area contributed by atoms with Crippen LogP contribution in [-0.2, 0) is 18.5 Å². The van der Waals surface area contributed by atoms with Crippen LogP contribution in [0, 0.1) is 20.8 Å². The topological polar surface area (TPSA) is 134 Å². The fourth-order valence-electron chi connectivity index (χ4n) is 9.09. The molecule has 300 valence electrons. The average Bonchev–Trinajstić information content (AvgIpc) is 3.77. The number of hydrogen-bond donors (Lipinski definition) is 1. The Morgan fingerprint density at radius 3 is 2.41 bits per heavy atom. The molecule has 2 aliphatic heterocycles. The molecular weight excluding hydrogens is 791 g/mol. The van der Waals surface area contributed by atoms with Gasteiger partial charge in [-0.2, -0.15) is 0 Å². The summed E-state index contributed by atoms with van der Waals surface area (Å²) >= 11 is 13.5. The molecule has 14 heteroatoms. The zero-order valence-corrected chi connectivity index (χ0v) is 34.8. The van der Waals surface area contributed by atoms with E-state index in [1.807, 2.05) is 51.1 Å². The van der Waals surface area contributed by atoms with Gasteiger partial charge in [-0.05, 0) is 99.7 Å². The number of pyridine rings is 1. The fraction of sp³-hybridized carbons (Fsp3) is 0.267. The Morgan fingerprint density at radius 2 is 1.68 bits per heavy atom. The number of fused-ring (bicyclic) bond motifs is 4. The van der Waals surface area contributed by atoms with E-state index in [4.69, 9.17) is 42.4 Å². The molecule has 0 aliphatic carbocycles. The molecule has 4 aromatic heterocycles. The summed E-state index contributed by atoms with van der Waals surface area (Å²) < 4.78 is 21.3. The van der Waals surface area contributed by atoms with Crippen molar-refractivity contribution in [3.05, 3.63) is 122 Å². The summed E-state index contributed by atoms with van der Waals surface area (Å²) in [6, 6.07) is 16.4. The standard InChI is InChI=1S/C45H40Cl2N6O6/c1-23-16-28(17-24(2)38(23)47)59-15-7-8-29-30-9-10-32(46)37-36-25(3)49-22-50-42(36)45(4)21-52(43(54)41(29)53(45)40(30)37)33-11-12-35(58-6)31-19-34(44(55)56)51(39(31)33)20-26-18-27(57-5)13-14-48-26/h9-14,16-19,22H,7-8,15,20-21H2,1-6H3,(H,55,56)/t45-/m1/s1. The quantitative estimate of drug-likeness (QED) is 0.127. The number of aromatic nitrogens is 5. The molecule has 0 saturated heterocycles. The number of halogens is 2. The lowest BCUT2D eigenvalue weighted by Gasteiger charge is -2.45. The number of nitrogens with zero attached hydrogens (tertiary/aromatic N) is 6. The highest BCUT2D eigenvalue weighted by molar-refractivity contribution is 6.35. The molecule has 3 aromatic carbocycles. The Kier molecular flexibility index (Phi) is 9.32. The maximum atomic E-state index is 15.6. The summed E-state index contributed by atoms with van der Waals surface area (Å²) in [6.07, 6.45) is 4.29. The molecule has 0 radical (unpaired) electrons. The van der Waals surface area contributed by atoms with Gasteiger partial charge in [-0.25, -0.2) is 14.8 Å². The first kappa shape index (κ1) is 38.4. The lowest BCUT2D eigenvalue weighted by atomic mass is 9.83. The molecule has 0 bridgehead atoms. The molecule has 0 unspecified atom stereocenters. The fourth-order valence-corrected chi connectivity index (χ4v) is 9.45. The minimum Gasteiger partial charge on any atom is -0.497 e. The van der Waals surface area contributed by atoms with Crippen molar-refractivity contribution in [3.8, 4) is 28.4 Å². The third-order valence-electron chi connectivity index (χ3n) is 11.7. The Labute approximate surface area is 349 Å². The lowest BCUT2D eigenvalue weighted by Crippen LogP contribution is -2.54. The minimum atomic E-state index is -1.14. The van der Waals surface area contributed by atoms with Crippen molar-refractivity contribution in [2.24, 2.45) is 0 Å². The SMILES string of the molecule is COc1ccnc(Cn2c(C(=O)O)cc3c(OC)ccc(N4C[C@]5(C)c6ncnc(C)c6-c6c(Cl)ccc7c(CCCOc8cc(C)c(Cl)c(C)c8)c(n5c67)C4=O)c32)c1. The van der Waals surface area contributed by atoms with E-state index in [9.17, 15) is 9.90 Å². The number of carboxylic acids is 1. The molecule has 0 fully saturated rings. The average molecular weight is 832 g/mol. The number of ether oxygens (including phenoxy) is 3. The van der Waals surface area contributed by atoms with E-state index in [-0.39, 0.29) is 24.7 Å². The van der Waals surface area contributed by atoms with E-state index >= 15 is 4.79 Å². The van der Waals surface area contributed by atoms with Gasteiger partial charge in [0.1, 0.15) is 40.5 Å². The van der Waals surface area contributed by atoms with Crippen molar-refractivity contribution < 1.29 is 28.9 Å². The van der Waals surface area contributed by atoms with Gasteiger partial charge < -0.3 is 33.4 Å². The van der Waals surface area contributed by atoms with Crippen LogP contribution in [0.15, 0.2) is 67.1 Å². The third kappa shape index (κ3) is 5.91. The van der Waals surface area contributed by atoms with Crippen LogP contribution in [0.5, 0.6) is 17.2 Å². The number of anilines is 1. The van der Waals surface area contributed by atoms with Gasteiger partial charge >= 0.3 is 5.97 Å². The maximum Gasteiger partial charge on any atom is 0.352 e. The van der Waals surface area contributed by atoms with Crippen LogP contribution in [-0.4, -0.2) is 68.4 Å². The van der Waals surface area contributed by atoms with Gasteiger partial charge in [0, 0.05) is 44.9 Å². The second kappa shape index (κ2) is 14.3. The zero-order chi connectivity index (χ0) is 41.5. The Balaban J connectivity index is 1.24. The van der Waals surface area contributed by atoms with Gasteiger partial charge in [0.25, 0.3) is 5.91 Å². The molecule has 7 aromatic rings. The summed E-state index contributed by atoms with van der Waals surface area (Å²) in [5.41, 5.74) is 7.93. The molecule has 1 atom stereocenters. The van der Waals surface area contributed by atoms with Gasteiger partial charge in [-0.3, -0.25) is 9.78 Å². The summed E-state index contributed by atoms with van der Waals surface area (Å²) in [5, 5.41) is 13.3. The van der Waals surface area contributed by atoms with Crippen molar-refractivity contribution in [2.75, 3.05) is 32.3 Å². The van der Waals surface area contributed by atoms with E-state index in [2.05, 4.69) is 21.5 Å². The second-order valence-electron chi connectivity index (χ2n) is 15.3. The third-order valence-corrected chi connectivity index (χ3v) is 12.6. The monoisotopic (exact) mass is 830 g/mol. The first-order valence-corrected chi connectivity index (χ1v) is 19.9. The number of methoxy groups -OCH3 is 2. The summed E-state index contributed by atoms with van der Waals surface area (Å²) in [7, 11) is 3.10. The molecule has 0 spiro atoms. The summed E-state index contributed by atoms with van der Waals surface area (Å²) in [6.45, 7) is 8.59. The molecule has 6 heterocycles. The Morgan fingerprint density at radius 1 is 0.898 bits per heavy atom. The first-order chi connectivity index (χ1) is 28.4. The van der Waals surface area contributed by atoms with Gasteiger partial charge in [0.05, 0.1) is 67.0 Å². The second-order valence-corrected chi connectivity index (χ2v) is 16.1. The minimum absolute atomic E-state index is 0.0116. The predicted molar refractivity (Wildman–Crippen MR) is 227 cm³/mol. The van der Waals surface area contributed by atoms with E-state index < -0.39 is 11.5 Å². The highest BCUT2D eigenvalue weighted by atomic mass is 35.5. The van der Waals surface area contributed by atoms with Crippen LogP contribution >= 0.6 is 23.2 Å². The number of benzene rings is 3. The molecule has 59 heavy (non-hydrogen) atoms. The van der Waals surface area contributed by atoms with Crippen LogP contribution in [0.3, 0.4) is 0 Å². The van der Waals surface area contributed by atoms with Crippen molar-refractivity contribution in [2.45, 2.75) is 52.6 Å². The largest absolute Gasteiger partial charge is 0.497 e. The number of rotatable bonds is 11. The van der Waals surface area contributed by atoms with E-state index in [0.29, 0.717) is 69.0 Å². The molecule has 2 aliphatic rings. The number of carboxylic acid groups (broad SMARTS) is 1. The Hall–Kier alpha value is -6.11. The van der Waals surface area contributed by atoms with Crippen LogP contribution < -0.4 is 19.1 Å². The highest BCUT2D eigenvalue weighted by Crippen LogP contribution is 2.53. The van der Waals surface area contributed by atoms with Crippen molar-refractivity contribution in [1.29, 1.82) is 0 Å². The molecule has 1 amide bonds. The molecule has 0 saturated carbocycles. The van der Waals surface area contributed by atoms with Gasteiger partial charge in [0.15, 0.2) is 0 Å². The number of carbonyl (C=O) groups is 2. The number of carbonyl (C=O) groups excluding carboxylic acids is 1. The van der Waals surface area contributed by atoms with Crippen LogP contribution in [0.2, 0.25) is 10.0 Å². The Bertz CT molecular complexity index is 2900. The highest BCUT2D eigenvalue weighted by Gasteiger charge is 2.50. The number of hydrogen-bond acceptors (Lipinski definition) is 8. The van der Waals surface area contributed by atoms with Crippen molar-refractivity contribution >= 4 is 62.6 Å². The van der Waals surface area contributed by atoms with Crippen LogP contribution in [0.25, 0.3) is 32.9 Å². The van der Waals surface area contributed by atoms with E-state index in [1.165, 1.54) is 7.11 Å². The van der Waals surface area contributed by atoms with Gasteiger partial charge in [-0.1, -0.05) is 29.3 Å². The van der Waals surface area contributed by atoms with Crippen LogP contribution in [0.1, 0.15) is 68.1 Å². The van der Waals surface area contributed by atoms with Crippen molar-refractivity contribution in [3.63, 3.8) is 0 Å². The van der Waals surface area contributed by atoms with E-state index in [0.717, 1.165) is 55.9 Å². The first-order valence-electron chi connectivity index (χ1n) is 19.2. The predicted octanol–water partition coefficient (Wildman–Crippen LogP) is 9.19. The summed E-state index contributed by atoms with van der Waals surface area (Å²) in [5.74, 6) is 0.393. The smallest absolute Gasteiger partial charge is 0.352 e. The number of amides is 1. The number of aryl methyl sites for hydroxylation is 4.